The quantitative estimate of drug-likeness (QED) is 0.617. The van der Waals surface area contributed by atoms with E-state index in [1.807, 2.05) is 4.57 Å². The first-order valence-corrected chi connectivity index (χ1v) is 7.64. The van der Waals surface area contributed by atoms with Crippen LogP contribution in [0.5, 0.6) is 0 Å². The van der Waals surface area contributed by atoms with Crippen LogP contribution in [0.2, 0.25) is 0 Å². The van der Waals surface area contributed by atoms with Gasteiger partial charge in [-0.05, 0) is 17.7 Å². The van der Waals surface area contributed by atoms with E-state index in [2.05, 4.69) is 33.5 Å². The molecule has 0 fully saturated rings. The number of hydrogen-bond acceptors (Lipinski definition) is 5. The van der Waals surface area contributed by atoms with Crippen molar-refractivity contribution in [3.8, 4) is 0 Å². The Kier molecular flexibility index (Phi) is 3.16. The van der Waals surface area contributed by atoms with Gasteiger partial charge in [-0.1, -0.05) is 17.8 Å². The van der Waals surface area contributed by atoms with Crippen LogP contribution < -0.4 is 10.7 Å². The van der Waals surface area contributed by atoms with Crippen molar-refractivity contribution in [1.29, 1.82) is 0 Å². The third-order valence-electron chi connectivity index (χ3n) is 3.39. The van der Waals surface area contributed by atoms with Crippen molar-refractivity contribution in [3.63, 3.8) is 0 Å². The Labute approximate surface area is 131 Å². The smallest absolute Gasteiger partial charge is 0.181 e. The van der Waals surface area contributed by atoms with Gasteiger partial charge in [0.1, 0.15) is 5.03 Å². The van der Waals surface area contributed by atoms with Gasteiger partial charge in [-0.3, -0.25) is 4.79 Å². The molecule has 6 heteroatoms. The number of nitrogens with zero attached hydrogens (tertiary/aromatic N) is 3. The molecule has 0 radical (unpaired) electrons. The van der Waals surface area contributed by atoms with E-state index < -0.39 is 0 Å². The Morgan fingerprint density at radius 3 is 2.77 bits per heavy atom. The van der Waals surface area contributed by atoms with Crippen LogP contribution in [0.15, 0.2) is 69.8 Å². The fourth-order valence-electron chi connectivity index (χ4n) is 2.34. The van der Waals surface area contributed by atoms with Crippen LogP contribution in [0.1, 0.15) is 5.56 Å². The summed E-state index contributed by atoms with van der Waals surface area (Å²) >= 11 is 1.62. The van der Waals surface area contributed by atoms with Gasteiger partial charge in [0, 0.05) is 48.4 Å². The van der Waals surface area contributed by atoms with Crippen LogP contribution in [-0.2, 0) is 6.54 Å². The Balaban J connectivity index is 1.63. The second-order valence-corrected chi connectivity index (χ2v) is 6.00. The van der Waals surface area contributed by atoms with Crippen LogP contribution in [0, 0.1) is 0 Å². The minimum Gasteiger partial charge on any atom is -0.350 e. The molecule has 4 rings (SSSR count). The Hall–Kier alpha value is -2.60. The van der Waals surface area contributed by atoms with Crippen molar-refractivity contribution in [3.05, 3.63) is 70.9 Å². The number of rotatable bonds is 2. The maximum absolute atomic E-state index is 11.1. The van der Waals surface area contributed by atoms with Crippen molar-refractivity contribution in [2.75, 3.05) is 5.32 Å². The lowest BCUT2D eigenvalue weighted by atomic mass is 10.2. The summed E-state index contributed by atoms with van der Waals surface area (Å²) < 4.78 is 1.98. The molecular weight excluding hydrogens is 296 g/mol. The molecule has 0 spiro atoms. The van der Waals surface area contributed by atoms with Crippen molar-refractivity contribution >= 4 is 23.3 Å². The van der Waals surface area contributed by atoms with Gasteiger partial charge in [-0.25, -0.2) is 9.97 Å². The lowest BCUT2D eigenvalue weighted by Gasteiger charge is -2.19. The van der Waals surface area contributed by atoms with E-state index >= 15 is 0 Å². The monoisotopic (exact) mass is 308 g/mol. The number of aromatic nitrogens is 3. The maximum atomic E-state index is 11.1. The first-order chi connectivity index (χ1) is 10.8. The molecule has 3 aromatic rings. The molecule has 22 heavy (non-hydrogen) atoms. The molecule has 108 valence electrons. The second-order valence-electron chi connectivity index (χ2n) is 4.97. The summed E-state index contributed by atoms with van der Waals surface area (Å²) in [4.78, 5) is 20.9. The highest BCUT2D eigenvalue weighted by atomic mass is 32.2. The van der Waals surface area contributed by atoms with Crippen LogP contribution in [0.4, 0.5) is 11.5 Å². The van der Waals surface area contributed by atoms with E-state index in [-0.39, 0.29) is 5.43 Å². The average molecular weight is 308 g/mol. The maximum Gasteiger partial charge on any atom is 0.181 e. The fourth-order valence-corrected chi connectivity index (χ4v) is 3.22. The van der Waals surface area contributed by atoms with Crippen LogP contribution in [0.3, 0.4) is 0 Å². The van der Waals surface area contributed by atoms with Gasteiger partial charge >= 0.3 is 0 Å². The first kappa shape index (κ1) is 13.1. The summed E-state index contributed by atoms with van der Waals surface area (Å²) in [5.74, 6) is 0.792. The highest BCUT2D eigenvalue weighted by Gasteiger charge is 2.17. The minimum absolute atomic E-state index is 0.0231. The van der Waals surface area contributed by atoms with Crippen molar-refractivity contribution in [2.24, 2.45) is 0 Å². The summed E-state index contributed by atoms with van der Waals surface area (Å²) in [5.41, 5.74) is 2.22. The number of fused-ring (bicyclic) bond motifs is 2. The summed E-state index contributed by atoms with van der Waals surface area (Å²) in [6.07, 6.45) is 6.97. The van der Waals surface area contributed by atoms with Crippen molar-refractivity contribution in [2.45, 2.75) is 16.5 Å². The number of anilines is 2. The van der Waals surface area contributed by atoms with Gasteiger partial charge in [0.2, 0.25) is 0 Å². The molecule has 0 atom stereocenters. The Bertz CT molecular complexity index is 886. The molecule has 0 saturated carbocycles. The second kappa shape index (κ2) is 5.31. The zero-order chi connectivity index (χ0) is 14.9. The summed E-state index contributed by atoms with van der Waals surface area (Å²) in [6, 6.07) is 9.42. The lowest BCUT2D eigenvalue weighted by Crippen LogP contribution is -2.07. The van der Waals surface area contributed by atoms with Gasteiger partial charge in [-0.2, -0.15) is 0 Å². The van der Waals surface area contributed by atoms with E-state index in [4.69, 9.17) is 0 Å². The van der Waals surface area contributed by atoms with Gasteiger partial charge in [-0.15, -0.1) is 0 Å². The molecule has 0 aliphatic carbocycles. The number of pyridine rings is 1. The number of benzene rings is 1. The van der Waals surface area contributed by atoms with E-state index in [0.717, 1.165) is 27.0 Å². The molecule has 0 saturated heterocycles. The lowest BCUT2D eigenvalue weighted by molar-refractivity contribution is 0.788. The third kappa shape index (κ3) is 2.48. The number of nitrogens with one attached hydrogen (secondary N) is 1. The molecule has 3 heterocycles. The molecule has 1 N–H and O–H groups in total. The summed E-state index contributed by atoms with van der Waals surface area (Å²) in [5, 5.41) is 4.21. The molecule has 0 unspecified atom stereocenters. The normalized spacial score (nSPS) is 12.2. The number of hydrogen-bond donors (Lipinski definition) is 1. The summed E-state index contributed by atoms with van der Waals surface area (Å²) in [7, 11) is 0. The molecule has 2 aromatic heterocycles. The first-order valence-electron chi connectivity index (χ1n) is 6.83. The summed E-state index contributed by atoms with van der Waals surface area (Å²) in [6.45, 7) is 0.716. The molecule has 1 aliphatic rings. The van der Waals surface area contributed by atoms with E-state index in [1.165, 1.54) is 0 Å². The SMILES string of the molecule is O=c1ccn(Cc2ccc3c(c2)Nc2nccnc2S3)cc1. The van der Waals surface area contributed by atoms with E-state index in [1.54, 1.807) is 48.7 Å². The van der Waals surface area contributed by atoms with Crippen LogP contribution >= 0.6 is 11.8 Å². The van der Waals surface area contributed by atoms with Gasteiger partial charge in [0.05, 0.1) is 5.69 Å². The molecule has 1 aliphatic heterocycles. The zero-order valence-corrected chi connectivity index (χ0v) is 12.4. The van der Waals surface area contributed by atoms with Crippen LogP contribution in [0.25, 0.3) is 0 Å². The third-order valence-corrected chi connectivity index (χ3v) is 4.46. The predicted molar refractivity (Wildman–Crippen MR) is 85.7 cm³/mol. The Morgan fingerprint density at radius 1 is 1.09 bits per heavy atom. The molecule has 1 aromatic carbocycles. The highest BCUT2D eigenvalue weighted by Crippen LogP contribution is 2.41. The largest absolute Gasteiger partial charge is 0.350 e. The van der Waals surface area contributed by atoms with Gasteiger partial charge in [0.25, 0.3) is 0 Å². The average Bonchev–Trinajstić information content (AvgIpc) is 2.55. The van der Waals surface area contributed by atoms with Crippen molar-refractivity contribution in [1.82, 2.24) is 14.5 Å². The van der Waals surface area contributed by atoms with Crippen molar-refractivity contribution < 1.29 is 0 Å². The van der Waals surface area contributed by atoms with Gasteiger partial charge in [0.15, 0.2) is 11.2 Å². The van der Waals surface area contributed by atoms with Gasteiger partial charge < -0.3 is 9.88 Å². The predicted octanol–water partition coefficient (Wildman–Crippen LogP) is 2.89. The molecule has 0 amide bonds. The topological polar surface area (TPSA) is 59.8 Å². The fraction of sp³-hybridized carbons (Fsp3) is 0.0625. The molecular formula is C16H12N4OS. The minimum atomic E-state index is 0.0231. The van der Waals surface area contributed by atoms with E-state index in [0.29, 0.717) is 6.54 Å². The zero-order valence-electron chi connectivity index (χ0n) is 11.6. The molecule has 0 bridgehead atoms. The Morgan fingerprint density at radius 2 is 1.91 bits per heavy atom. The highest BCUT2D eigenvalue weighted by molar-refractivity contribution is 7.99. The molecule has 5 nitrogen and oxygen atoms in total. The van der Waals surface area contributed by atoms with E-state index in [9.17, 15) is 4.79 Å². The standard InChI is InChI=1S/C16H12N4OS/c21-12-3-7-20(8-4-12)10-11-1-2-14-13(9-11)19-15-16(22-14)18-6-5-17-15/h1-9H,10H2,(H,17,19). The van der Waals surface area contributed by atoms with Crippen LogP contribution in [-0.4, -0.2) is 14.5 Å².